The summed E-state index contributed by atoms with van der Waals surface area (Å²) in [6.45, 7) is 4.72. The molecule has 0 unspecified atom stereocenters. The van der Waals surface area contributed by atoms with Gasteiger partial charge in [-0.25, -0.2) is 4.98 Å². The molecule has 0 aromatic carbocycles. The van der Waals surface area contributed by atoms with Crippen molar-refractivity contribution in [2.24, 2.45) is 0 Å². The first kappa shape index (κ1) is 15.1. The number of rotatable bonds is 3. The molecule has 3 rings (SSSR count). The van der Waals surface area contributed by atoms with Gasteiger partial charge in [-0.1, -0.05) is 19.4 Å². The Bertz CT molecular complexity index is 772. The Morgan fingerprint density at radius 2 is 2.27 bits per heavy atom. The summed E-state index contributed by atoms with van der Waals surface area (Å²) in [5.41, 5.74) is 1.40. The highest BCUT2D eigenvalue weighted by atomic mass is 32.2. The topological polar surface area (TPSA) is 54.7 Å². The molecule has 0 aliphatic carbocycles. The highest BCUT2D eigenvalue weighted by Crippen LogP contribution is 2.28. The number of hydrogen-bond donors (Lipinski definition) is 0. The molecule has 22 heavy (non-hydrogen) atoms. The minimum absolute atomic E-state index is 0.159. The summed E-state index contributed by atoms with van der Waals surface area (Å²) in [4.78, 5) is 31.4. The van der Waals surface area contributed by atoms with E-state index in [0.29, 0.717) is 12.2 Å². The lowest BCUT2D eigenvalue weighted by atomic mass is 10.2. The molecule has 6 heteroatoms. The Balaban J connectivity index is 2.01. The number of fused-ring (bicyclic) bond motifs is 1. The van der Waals surface area contributed by atoms with E-state index < -0.39 is 0 Å². The Hall–Kier alpha value is -1.82. The smallest absolute Gasteiger partial charge is 0.270 e. The second kappa shape index (κ2) is 6.12. The number of aromatic nitrogens is 2. The molecule has 1 saturated heterocycles. The number of hydrogen-bond acceptors (Lipinski definition) is 4. The maximum absolute atomic E-state index is 12.7. The Morgan fingerprint density at radius 1 is 1.45 bits per heavy atom. The maximum atomic E-state index is 12.7. The fraction of sp³-hybridized carbons (Fsp3) is 0.438. The van der Waals surface area contributed by atoms with Gasteiger partial charge >= 0.3 is 0 Å². The van der Waals surface area contributed by atoms with Gasteiger partial charge in [-0.2, -0.15) is 0 Å². The minimum atomic E-state index is -0.286. The zero-order valence-corrected chi connectivity index (χ0v) is 13.6. The SMILES string of the molecule is CCC[C@@H]1SCCN1C(=O)c1cnc2ccc(C)cn2c1=O. The van der Waals surface area contributed by atoms with Gasteiger partial charge in [0.2, 0.25) is 0 Å². The van der Waals surface area contributed by atoms with Crippen LogP contribution in [-0.4, -0.2) is 37.9 Å². The van der Waals surface area contributed by atoms with Crippen molar-refractivity contribution >= 4 is 23.3 Å². The van der Waals surface area contributed by atoms with Crippen molar-refractivity contribution in [3.63, 3.8) is 0 Å². The van der Waals surface area contributed by atoms with Gasteiger partial charge in [0.1, 0.15) is 11.2 Å². The van der Waals surface area contributed by atoms with Crippen LogP contribution >= 0.6 is 11.8 Å². The van der Waals surface area contributed by atoms with Crippen LogP contribution in [0.2, 0.25) is 0 Å². The molecule has 116 valence electrons. The van der Waals surface area contributed by atoms with Crippen molar-refractivity contribution in [2.75, 3.05) is 12.3 Å². The molecule has 1 fully saturated rings. The molecule has 0 radical (unpaired) electrons. The zero-order chi connectivity index (χ0) is 15.7. The molecule has 0 N–H and O–H groups in total. The van der Waals surface area contributed by atoms with Crippen LogP contribution in [0.4, 0.5) is 0 Å². The summed E-state index contributed by atoms with van der Waals surface area (Å²) < 4.78 is 1.46. The first-order valence-electron chi connectivity index (χ1n) is 7.52. The molecule has 1 aliphatic heterocycles. The predicted molar refractivity (Wildman–Crippen MR) is 88.4 cm³/mol. The lowest BCUT2D eigenvalue weighted by Crippen LogP contribution is -2.38. The van der Waals surface area contributed by atoms with E-state index in [0.717, 1.165) is 24.2 Å². The second-order valence-corrected chi connectivity index (χ2v) is 6.81. The maximum Gasteiger partial charge on any atom is 0.270 e. The molecule has 2 aromatic rings. The normalized spacial score (nSPS) is 18.1. The molecular formula is C16H19N3O2S. The van der Waals surface area contributed by atoms with Crippen molar-refractivity contribution < 1.29 is 4.79 Å². The average Bonchev–Trinajstić information content (AvgIpc) is 2.96. The predicted octanol–water partition coefficient (Wildman–Crippen LogP) is 2.32. The van der Waals surface area contributed by atoms with Gasteiger partial charge in [-0.3, -0.25) is 14.0 Å². The molecular weight excluding hydrogens is 298 g/mol. The van der Waals surface area contributed by atoms with Gasteiger partial charge in [-0.15, -0.1) is 11.8 Å². The number of carbonyl (C=O) groups is 1. The Labute approximate surface area is 133 Å². The number of amides is 1. The summed E-state index contributed by atoms with van der Waals surface area (Å²) >= 11 is 1.79. The molecule has 1 amide bonds. The third kappa shape index (κ3) is 2.63. The van der Waals surface area contributed by atoms with Crippen LogP contribution in [0.25, 0.3) is 5.65 Å². The van der Waals surface area contributed by atoms with E-state index in [2.05, 4.69) is 11.9 Å². The lowest BCUT2D eigenvalue weighted by molar-refractivity contribution is 0.0754. The van der Waals surface area contributed by atoms with Crippen LogP contribution in [0.1, 0.15) is 35.7 Å². The van der Waals surface area contributed by atoms with Crippen molar-refractivity contribution in [1.82, 2.24) is 14.3 Å². The van der Waals surface area contributed by atoms with Gasteiger partial charge in [0.25, 0.3) is 11.5 Å². The highest BCUT2D eigenvalue weighted by Gasteiger charge is 2.31. The van der Waals surface area contributed by atoms with Crippen LogP contribution in [0.5, 0.6) is 0 Å². The van der Waals surface area contributed by atoms with Crippen molar-refractivity contribution in [1.29, 1.82) is 0 Å². The van der Waals surface area contributed by atoms with E-state index in [-0.39, 0.29) is 22.4 Å². The standard InChI is InChI=1S/C16H19N3O2S/c1-3-4-14-18(7-8-22-14)15(20)12-9-17-13-6-5-11(2)10-19(13)16(12)21/h5-6,9-10,14H,3-4,7-8H2,1-2H3/t14-/m0/s1. The fourth-order valence-corrected chi connectivity index (χ4v) is 4.08. The highest BCUT2D eigenvalue weighted by molar-refractivity contribution is 8.00. The molecule has 1 atom stereocenters. The third-order valence-electron chi connectivity index (χ3n) is 3.87. The van der Waals surface area contributed by atoms with E-state index in [9.17, 15) is 9.59 Å². The zero-order valence-electron chi connectivity index (χ0n) is 12.8. The quantitative estimate of drug-likeness (QED) is 0.872. The van der Waals surface area contributed by atoms with Crippen LogP contribution in [0, 0.1) is 6.92 Å². The lowest BCUT2D eigenvalue weighted by Gasteiger charge is -2.23. The van der Waals surface area contributed by atoms with E-state index in [1.54, 1.807) is 24.0 Å². The van der Waals surface area contributed by atoms with Crippen molar-refractivity contribution in [3.05, 3.63) is 46.0 Å². The van der Waals surface area contributed by atoms with Crippen LogP contribution < -0.4 is 5.56 Å². The first-order valence-corrected chi connectivity index (χ1v) is 8.57. The molecule has 0 saturated carbocycles. The Kier molecular flexibility index (Phi) is 4.20. The molecule has 0 bridgehead atoms. The van der Waals surface area contributed by atoms with Crippen LogP contribution in [0.15, 0.2) is 29.3 Å². The molecule has 0 spiro atoms. The summed E-state index contributed by atoms with van der Waals surface area (Å²) in [7, 11) is 0. The van der Waals surface area contributed by atoms with Crippen LogP contribution in [0.3, 0.4) is 0 Å². The molecule has 3 heterocycles. The number of nitrogens with zero attached hydrogens (tertiary/aromatic N) is 3. The average molecular weight is 317 g/mol. The van der Waals surface area contributed by atoms with E-state index in [1.807, 2.05) is 17.9 Å². The van der Waals surface area contributed by atoms with Crippen molar-refractivity contribution in [3.8, 4) is 0 Å². The van der Waals surface area contributed by atoms with E-state index in [4.69, 9.17) is 0 Å². The summed E-state index contributed by atoms with van der Waals surface area (Å²) in [6.07, 6.45) is 5.12. The van der Waals surface area contributed by atoms with Crippen LogP contribution in [-0.2, 0) is 0 Å². The Morgan fingerprint density at radius 3 is 3.05 bits per heavy atom. The summed E-state index contributed by atoms with van der Waals surface area (Å²) in [5.74, 6) is 0.731. The number of thioether (sulfide) groups is 1. The molecule has 5 nitrogen and oxygen atoms in total. The summed E-state index contributed by atoms with van der Waals surface area (Å²) in [6, 6.07) is 3.69. The number of carbonyl (C=O) groups excluding carboxylic acids is 1. The van der Waals surface area contributed by atoms with Gasteiger partial charge < -0.3 is 4.90 Å². The van der Waals surface area contributed by atoms with Gasteiger partial charge in [0.15, 0.2) is 0 Å². The molecule has 2 aromatic heterocycles. The van der Waals surface area contributed by atoms with Gasteiger partial charge in [-0.05, 0) is 25.0 Å². The largest absolute Gasteiger partial charge is 0.326 e. The summed E-state index contributed by atoms with van der Waals surface area (Å²) in [5, 5.41) is 0.176. The fourth-order valence-electron chi connectivity index (χ4n) is 2.72. The first-order chi connectivity index (χ1) is 10.6. The molecule has 1 aliphatic rings. The van der Waals surface area contributed by atoms with Crippen molar-refractivity contribution in [2.45, 2.75) is 32.1 Å². The third-order valence-corrected chi connectivity index (χ3v) is 5.16. The van der Waals surface area contributed by atoms with E-state index in [1.165, 1.54) is 10.6 Å². The monoisotopic (exact) mass is 317 g/mol. The van der Waals surface area contributed by atoms with Gasteiger partial charge in [0.05, 0.1) is 5.37 Å². The van der Waals surface area contributed by atoms with E-state index >= 15 is 0 Å². The number of aryl methyl sites for hydroxylation is 1. The second-order valence-electron chi connectivity index (χ2n) is 5.52. The van der Waals surface area contributed by atoms with Gasteiger partial charge in [0, 0.05) is 24.7 Å². The minimum Gasteiger partial charge on any atom is -0.326 e. The number of pyridine rings is 1.